The van der Waals surface area contributed by atoms with Crippen LogP contribution in [-0.4, -0.2) is 24.5 Å². The number of carbonyl (C=O) groups excluding carboxylic acids is 2. The number of hydrogen-bond acceptors (Lipinski definition) is 4. The fourth-order valence-electron chi connectivity index (χ4n) is 1.91. The summed E-state index contributed by atoms with van der Waals surface area (Å²) in [6, 6.07) is 9.41. The summed E-state index contributed by atoms with van der Waals surface area (Å²) < 4.78 is 4.76. The van der Waals surface area contributed by atoms with Crippen molar-refractivity contribution >= 4 is 23.8 Å². The number of esters is 1. The molecule has 2 N–H and O–H groups in total. The Morgan fingerprint density at radius 2 is 2.05 bits per heavy atom. The highest BCUT2D eigenvalue weighted by Gasteiger charge is 2.25. The molecule has 0 bridgehead atoms. The van der Waals surface area contributed by atoms with Gasteiger partial charge in [-0.1, -0.05) is 18.2 Å². The molecule has 20 heavy (non-hydrogen) atoms. The number of benzene rings is 1. The van der Waals surface area contributed by atoms with Crippen LogP contribution in [0.4, 0.5) is 4.79 Å². The average Bonchev–Trinajstić information content (AvgIpc) is 2.57. The Morgan fingerprint density at radius 3 is 2.70 bits per heavy atom. The molecule has 2 amide bonds. The lowest BCUT2D eigenvalue weighted by Crippen LogP contribution is -2.37. The van der Waals surface area contributed by atoms with Gasteiger partial charge in [0.25, 0.3) is 0 Å². The van der Waals surface area contributed by atoms with E-state index >= 15 is 0 Å². The van der Waals surface area contributed by atoms with Crippen molar-refractivity contribution in [2.75, 3.05) is 7.11 Å². The van der Waals surface area contributed by atoms with Crippen molar-refractivity contribution in [3.8, 4) is 0 Å². The predicted molar refractivity (Wildman–Crippen MR) is 77.1 cm³/mol. The van der Waals surface area contributed by atoms with E-state index in [1.165, 1.54) is 18.9 Å². The number of thioether (sulfide) groups is 1. The molecule has 0 radical (unpaired) electrons. The van der Waals surface area contributed by atoms with Gasteiger partial charge in [0.05, 0.1) is 18.1 Å². The van der Waals surface area contributed by atoms with Crippen molar-refractivity contribution in [2.45, 2.75) is 23.6 Å². The molecule has 0 aromatic heterocycles. The van der Waals surface area contributed by atoms with Crippen LogP contribution in [0.2, 0.25) is 0 Å². The summed E-state index contributed by atoms with van der Waals surface area (Å²) in [5.41, 5.74) is 1.02. The van der Waals surface area contributed by atoms with Gasteiger partial charge in [-0.15, -0.1) is 11.8 Å². The Labute approximate surface area is 121 Å². The maximum absolute atomic E-state index is 11.8. The van der Waals surface area contributed by atoms with Gasteiger partial charge in [0.1, 0.15) is 0 Å². The van der Waals surface area contributed by atoms with E-state index in [0.29, 0.717) is 17.7 Å². The number of carbonyl (C=O) groups is 2. The maximum atomic E-state index is 11.8. The molecule has 1 aromatic carbocycles. The summed E-state index contributed by atoms with van der Waals surface area (Å²) in [6.45, 7) is 1.70. The molecule has 0 saturated heterocycles. The van der Waals surface area contributed by atoms with Gasteiger partial charge in [0, 0.05) is 17.0 Å². The first-order chi connectivity index (χ1) is 9.60. The van der Waals surface area contributed by atoms with E-state index in [-0.39, 0.29) is 11.4 Å². The van der Waals surface area contributed by atoms with E-state index in [1.54, 1.807) is 6.92 Å². The highest BCUT2D eigenvalue weighted by molar-refractivity contribution is 8.00. The lowest BCUT2D eigenvalue weighted by molar-refractivity contribution is -0.136. The topological polar surface area (TPSA) is 67.4 Å². The Morgan fingerprint density at radius 1 is 1.35 bits per heavy atom. The lowest BCUT2D eigenvalue weighted by atomic mass is 10.1. The van der Waals surface area contributed by atoms with E-state index in [9.17, 15) is 9.59 Å². The fourth-order valence-corrected chi connectivity index (χ4v) is 2.97. The summed E-state index contributed by atoms with van der Waals surface area (Å²) >= 11 is 1.50. The number of ether oxygens (including phenoxy) is 1. The van der Waals surface area contributed by atoms with Crippen molar-refractivity contribution in [2.24, 2.45) is 0 Å². The zero-order valence-corrected chi connectivity index (χ0v) is 12.1. The molecule has 106 valence electrons. The normalized spacial score (nSPS) is 18.9. The molecule has 1 aromatic rings. The summed E-state index contributed by atoms with van der Waals surface area (Å²) in [7, 11) is 1.34. The van der Waals surface area contributed by atoms with E-state index < -0.39 is 5.97 Å². The Bertz CT molecular complexity index is 543. The standard InChI is InChI=1S/C14H16N2O3S/c1-9-11(13(17)19-2)8-12(16-14(18)15-9)20-10-6-4-3-5-7-10/h3-7,12H,8H2,1-2H3,(H2,15,16,18). The SMILES string of the molecule is COC(=O)C1=C(C)NC(=O)NC(Sc2ccccc2)C1. The first-order valence-corrected chi connectivity index (χ1v) is 7.05. The number of amides is 2. The molecule has 1 aliphatic rings. The summed E-state index contributed by atoms with van der Waals surface area (Å²) in [6.07, 6.45) is 0.413. The molecule has 1 heterocycles. The minimum Gasteiger partial charge on any atom is -0.466 e. The van der Waals surface area contributed by atoms with E-state index in [0.717, 1.165) is 4.90 Å². The van der Waals surface area contributed by atoms with Crippen LogP contribution in [0.5, 0.6) is 0 Å². The smallest absolute Gasteiger partial charge is 0.335 e. The fraction of sp³-hybridized carbons (Fsp3) is 0.286. The molecule has 0 saturated carbocycles. The first kappa shape index (κ1) is 14.5. The minimum absolute atomic E-state index is 0.219. The first-order valence-electron chi connectivity index (χ1n) is 6.17. The second kappa shape index (κ2) is 6.47. The molecule has 0 spiro atoms. The van der Waals surface area contributed by atoms with Crippen molar-refractivity contribution in [1.82, 2.24) is 10.6 Å². The third kappa shape index (κ3) is 3.54. The molecule has 0 aliphatic carbocycles. The Kier molecular flexibility index (Phi) is 4.68. The van der Waals surface area contributed by atoms with Gasteiger partial charge in [-0.05, 0) is 19.1 Å². The summed E-state index contributed by atoms with van der Waals surface area (Å²) in [4.78, 5) is 24.5. The number of hydrogen-bond donors (Lipinski definition) is 2. The van der Waals surface area contributed by atoms with Crippen molar-refractivity contribution in [3.05, 3.63) is 41.6 Å². The molecule has 0 fully saturated rings. The van der Waals surface area contributed by atoms with Crippen LogP contribution in [0, 0.1) is 0 Å². The van der Waals surface area contributed by atoms with Crippen LogP contribution in [0.25, 0.3) is 0 Å². The van der Waals surface area contributed by atoms with Crippen LogP contribution < -0.4 is 10.6 Å². The Hall–Kier alpha value is -1.95. The molecule has 5 nitrogen and oxygen atoms in total. The molecular weight excluding hydrogens is 276 g/mol. The second-order valence-electron chi connectivity index (χ2n) is 4.32. The summed E-state index contributed by atoms with van der Waals surface area (Å²) in [5.74, 6) is -0.412. The molecule has 1 atom stereocenters. The van der Waals surface area contributed by atoms with E-state index in [2.05, 4.69) is 10.6 Å². The molecule has 1 aliphatic heterocycles. The van der Waals surface area contributed by atoms with E-state index in [1.807, 2.05) is 30.3 Å². The number of methoxy groups -OCH3 is 1. The second-order valence-corrected chi connectivity index (χ2v) is 5.59. The van der Waals surface area contributed by atoms with Crippen molar-refractivity contribution in [3.63, 3.8) is 0 Å². The van der Waals surface area contributed by atoms with Gasteiger partial charge < -0.3 is 15.4 Å². The molecule has 2 rings (SSSR count). The van der Waals surface area contributed by atoms with Crippen LogP contribution in [0.1, 0.15) is 13.3 Å². The third-order valence-electron chi connectivity index (χ3n) is 2.89. The lowest BCUT2D eigenvalue weighted by Gasteiger charge is -2.15. The minimum atomic E-state index is -0.412. The van der Waals surface area contributed by atoms with Crippen LogP contribution in [0.3, 0.4) is 0 Å². The molecule has 1 unspecified atom stereocenters. The van der Waals surface area contributed by atoms with Gasteiger partial charge in [-0.25, -0.2) is 9.59 Å². The molecule has 6 heteroatoms. The number of urea groups is 1. The zero-order chi connectivity index (χ0) is 14.5. The van der Waals surface area contributed by atoms with Gasteiger partial charge in [0.15, 0.2) is 0 Å². The van der Waals surface area contributed by atoms with E-state index in [4.69, 9.17) is 4.74 Å². The van der Waals surface area contributed by atoms with Gasteiger partial charge >= 0.3 is 12.0 Å². The van der Waals surface area contributed by atoms with Crippen LogP contribution in [0.15, 0.2) is 46.5 Å². The number of rotatable bonds is 3. The third-order valence-corrected chi connectivity index (χ3v) is 4.00. The zero-order valence-electron chi connectivity index (χ0n) is 11.3. The van der Waals surface area contributed by atoms with Crippen molar-refractivity contribution in [1.29, 1.82) is 0 Å². The quantitative estimate of drug-likeness (QED) is 0.839. The largest absolute Gasteiger partial charge is 0.466 e. The monoisotopic (exact) mass is 292 g/mol. The van der Waals surface area contributed by atoms with Crippen molar-refractivity contribution < 1.29 is 14.3 Å². The van der Waals surface area contributed by atoms with Gasteiger partial charge in [-0.3, -0.25) is 0 Å². The number of allylic oxidation sites excluding steroid dienone is 1. The Balaban J connectivity index is 2.18. The molecular formula is C14H16N2O3S. The number of nitrogens with one attached hydrogen (secondary N) is 2. The highest BCUT2D eigenvalue weighted by atomic mass is 32.2. The van der Waals surface area contributed by atoms with Gasteiger partial charge in [-0.2, -0.15) is 0 Å². The summed E-state index contributed by atoms with van der Waals surface area (Å²) in [5, 5.41) is 5.25. The van der Waals surface area contributed by atoms with Gasteiger partial charge in [0.2, 0.25) is 0 Å². The highest BCUT2D eigenvalue weighted by Crippen LogP contribution is 2.28. The average molecular weight is 292 g/mol. The predicted octanol–water partition coefficient (Wildman–Crippen LogP) is 2.25. The van der Waals surface area contributed by atoms with Crippen LogP contribution in [-0.2, 0) is 9.53 Å². The van der Waals surface area contributed by atoms with Crippen LogP contribution >= 0.6 is 11.8 Å². The maximum Gasteiger partial charge on any atom is 0.335 e.